The lowest BCUT2D eigenvalue weighted by Crippen LogP contribution is -2.43. The molecule has 2 aromatic carbocycles. The number of benzene rings is 2. The van der Waals surface area contributed by atoms with Gasteiger partial charge in [0.2, 0.25) is 0 Å². The van der Waals surface area contributed by atoms with Gasteiger partial charge in [-0.2, -0.15) is 0 Å². The molecule has 0 atom stereocenters. The van der Waals surface area contributed by atoms with Crippen LogP contribution in [-0.4, -0.2) is 35.0 Å². The van der Waals surface area contributed by atoms with Crippen LogP contribution >= 0.6 is 22.9 Å². The fraction of sp³-hybridized carbons (Fsp3) is 0.286. The maximum absolute atomic E-state index is 14.6. The van der Waals surface area contributed by atoms with Crippen LogP contribution in [-0.2, 0) is 6.54 Å². The molecule has 38 heavy (non-hydrogen) atoms. The Bertz CT molecular complexity index is 1500. The lowest BCUT2D eigenvalue weighted by atomic mass is 9.90. The third-order valence-electron chi connectivity index (χ3n) is 6.98. The van der Waals surface area contributed by atoms with Crippen LogP contribution in [0.5, 0.6) is 5.75 Å². The van der Waals surface area contributed by atoms with Gasteiger partial charge in [-0.3, -0.25) is 9.78 Å². The van der Waals surface area contributed by atoms with Gasteiger partial charge in [0.05, 0.1) is 28.4 Å². The number of pyridine rings is 1. The van der Waals surface area contributed by atoms with Crippen molar-refractivity contribution in [1.29, 1.82) is 0 Å². The number of carbonyl (C=O) groups excluding carboxylic acids is 1. The Hall–Kier alpha value is -3.14. The summed E-state index contributed by atoms with van der Waals surface area (Å²) in [6, 6.07) is 8.67. The van der Waals surface area contributed by atoms with Crippen LogP contribution in [0.15, 0.2) is 48.8 Å². The van der Waals surface area contributed by atoms with E-state index in [2.05, 4.69) is 4.98 Å². The first-order chi connectivity index (χ1) is 18.3. The second-order valence-electron chi connectivity index (χ2n) is 9.40. The Labute approximate surface area is 227 Å². The molecule has 0 saturated heterocycles. The van der Waals surface area contributed by atoms with Gasteiger partial charge >= 0.3 is 0 Å². The minimum Gasteiger partial charge on any atom is -0.496 e. The summed E-state index contributed by atoms with van der Waals surface area (Å²) in [4.78, 5) is 19.7. The number of hydrogen-bond donors (Lipinski definition) is 1. The van der Waals surface area contributed by atoms with E-state index in [0.29, 0.717) is 35.3 Å². The number of ether oxygens (including phenoxy) is 1. The zero-order valence-corrected chi connectivity index (χ0v) is 22.1. The summed E-state index contributed by atoms with van der Waals surface area (Å²) in [5, 5.41) is -0.195. The van der Waals surface area contributed by atoms with Crippen molar-refractivity contribution in [3.05, 3.63) is 81.7 Å². The van der Waals surface area contributed by atoms with Crippen LogP contribution < -0.4 is 10.5 Å². The molecule has 5 rings (SSSR count). The Morgan fingerprint density at radius 1 is 1.08 bits per heavy atom. The molecule has 5 nitrogen and oxygen atoms in total. The van der Waals surface area contributed by atoms with Gasteiger partial charge in [0.15, 0.2) is 0 Å². The fourth-order valence-corrected chi connectivity index (χ4v) is 6.49. The van der Waals surface area contributed by atoms with Gasteiger partial charge in [-0.25, -0.2) is 13.2 Å². The number of rotatable bonds is 6. The Morgan fingerprint density at radius 2 is 1.82 bits per heavy atom. The molecule has 10 heteroatoms. The first kappa shape index (κ1) is 26.5. The molecule has 2 N–H and O–H groups in total. The minimum absolute atomic E-state index is 0.00199. The van der Waals surface area contributed by atoms with E-state index in [1.807, 2.05) is 6.07 Å². The number of aromatic nitrogens is 1. The molecule has 0 aliphatic heterocycles. The molecular weight excluding hydrogens is 535 g/mol. The van der Waals surface area contributed by atoms with E-state index in [1.165, 1.54) is 13.2 Å². The summed E-state index contributed by atoms with van der Waals surface area (Å²) >= 11 is 7.33. The van der Waals surface area contributed by atoms with E-state index >= 15 is 0 Å². The normalized spacial score (nSPS) is 17.5. The van der Waals surface area contributed by atoms with Gasteiger partial charge in [0, 0.05) is 36.0 Å². The van der Waals surface area contributed by atoms with Crippen LogP contribution in [0.1, 0.15) is 40.9 Å². The van der Waals surface area contributed by atoms with E-state index in [1.54, 1.807) is 23.2 Å². The lowest BCUT2D eigenvalue weighted by molar-refractivity contribution is 0.0610. The molecule has 2 aromatic heterocycles. The molecule has 0 spiro atoms. The number of hydrogen-bond acceptors (Lipinski definition) is 5. The van der Waals surface area contributed by atoms with Gasteiger partial charge in [-0.05, 0) is 61.6 Å². The Morgan fingerprint density at radius 3 is 2.50 bits per heavy atom. The first-order valence-corrected chi connectivity index (χ1v) is 13.4. The SMILES string of the molecule is COc1ccc(-c2cncc(F)c2)cc1CN(C(=O)c1sc2c(F)ccc(F)c2c1Cl)[C@H]1CC[C@H](N)CC1. The molecule has 1 aliphatic rings. The maximum Gasteiger partial charge on any atom is 0.266 e. The molecule has 1 saturated carbocycles. The first-order valence-electron chi connectivity index (χ1n) is 12.2. The second kappa shape index (κ2) is 10.9. The Balaban J connectivity index is 1.57. The fourth-order valence-electron chi connectivity index (χ4n) is 4.98. The van der Waals surface area contributed by atoms with Crippen LogP contribution in [0.4, 0.5) is 13.2 Å². The number of halogens is 4. The molecule has 1 amide bonds. The number of amides is 1. The highest BCUT2D eigenvalue weighted by molar-refractivity contribution is 7.21. The third kappa shape index (κ3) is 5.10. The summed E-state index contributed by atoms with van der Waals surface area (Å²) < 4.78 is 48.5. The molecule has 1 fully saturated rings. The number of nitrogens with zero attached hydrogens (tertiary/aromatic N) is 2. The smallest absolute Gasteiger partial charge is 0.266 e. The number of nitrogens with two attached hydrogens (primary N) is 1. The van der Waals surface area contributed by atoms with Crippen molar-refractivity contribution in [3.63, 3.8) is 0 Å². The quantitative estimate of drug-likeness (QED) is 0.277. The molecule has 0 radical (unpaired) electrons. The molecule has 1 aliphatic carbocycles. The number of thiophene rings is 1. The number of carbonyl (C=O) groups is 1. The lowest BCUT2D eigenvalue weighted by Gasteiger charge is -2.36. The van der Waals surface area contributed by atoms with Crippen molar-refractivity contribution in [3.8, 4) is 16.9 Å². The predicted molar refractivity (Wildman–Crippen MR) is 143 cm³/mol. The highest BCUT2D eigenvalue weighted by Crippen LogP contribution is 2.40. The zero-order valence-electron chi connectivity index (χ0n) is 20.5. The minimum atomic E-state index is -0.685. The van der Waals surface area contributed by atoms with E-state index in [4.69, 9.17) is 22.1 Å². The van der Waals surface area contributed by atoms with Crippen LogP contribution in [0.2, 0.25) is 5.02 Å². The van der Waals surface area contributed by atoms with Gasteiger partial charge in [-0.1, -0.05) is 17.7 Å². The topological polar surface area (TPSA) is 68.5 Å². The molecule has 4 aromatic rings. The van der Waals surface area contributed by atoms with Crippen LogP contribution in [0.3, 0.4) is 0 Å². The summed E-state index contributed by atoms with van der Waals surface area (Å²) in [5.74, 6) is -1.66. The highest BCUT2D eigenvalue weighted by atomic mass is 35.5. The predicted octanol–water partition coefficient (Wildman–Crippen LogP) is 6.95. The molecule has 0 unspecified atom stereocenters. The molecule has 0 bridgehead atoms. The van der Waals surface area contributed by atoms with Crippen molar-refractivity contribution in [2.45, 2.75) is 44.3 Å². The largest absolute Gasteiger partial charge is 0.496 e. The van der Waals surface area contributed by atoms with Crippen molar-refractivity contribution >= 4 is 38.9 Å². The maximum atomic E-state index is 14.6. The van der Waals surface area contributed by atoms with Crippen LogP contribution in [0, 0.1) is 17.5 Å². The summed E-state index contributed by atoms with van der Waals surface area (Å²) in [6.07, 6.45) is 5.51. The average molecular weight is 560 g/mol. The molecule has 198 valence electrons. The van der Waals surface area contributed by atoms with Crippen molar-refractivity contribution in [1.82, 2.24) is 9.88 Å². The van der Waals surface area contributed by atoms with E-state index in [0.717, 1.165) is 42.5 Å². The number of fused-ring (bicyclic) bond motifs is 1. The van der Waals surface area contributed by atoms with E-state index in [-0.39, 0.29) is 38.6 Å². The zero-order chi connectivity index (χ0) is 27.0. The summed E-state index contributed by atoms with van der Waals surface area (Å²) in [5.41, 5.74) is 8.09. The van der Waals surface area contributed by atoms with E-state index < -0.39 is 23.4 Å². The van der Waals surface area contributed by atoms with Crippen molar-refractivity contribution in [2.24, 2.45) is 5.73 Å². The Kier molecular flexibility index (Phi) is 7.61. The van der Waals surface area contributed by atoms with Gasteiger partial charge in [0.1, 0.15) is 28.1 Å². The van der Waals surface area contributed by atoms with Gasteiger partial charge in [0.25, 0.3) is 5.91 Å². The standard InChI is InChI=1S/C28H25ClF3N3O2S/c1-37-23-9-2-15(16-11-18(30)13-34-12-16)10-17(23)14-35(20-5-3-19(33)4-6-20)28(36)27-25(29)24-21(31)7-8-22(32)26(24)38-27/h2,7-13,19-20H,3-6,14,33H2,1H3/t19-,20-. The highest BCUT2D eigenvalue weighted by Gasteiger charge is 2.32. The van der Waals surface area contributed by atoms with Crippen molar-refractivity contribution in [2.75, 3.05) is 7.11 Å². The van der Waals surface area contributed by atoms with Crippen molar-refractivity contribution < 1.29 is 22.7 Å². The van der Waals surface area contributed by atoms with Crippen LogP contribution in [0.25, 0.3) is 21.2 Å². The second-order valence-corrected chi connectivity index (χ2v) is 10.8. The monoisotopic (exact) mass is 559 g/mol. The number of methoxy groups -OCH3 is 1. The van der Waals surface area contributed by atoms with Gasteiger partial charge in [-0.15, -0.1) is 11.3 Å². The summed E-state index contributed by atoms with van der Waals surface area (Å²) in [6.45, 7) is 0.147. The molecule has 2 heterocycles. The average Bonchev–Trinajstić information content (AvgIpc) is 3.28. The summed E-state index contributed by atoms with van der Waals surface area (Å²) in [7, 11) is 1.53. The van der Waals surface area contributed by atoms with E-state index in [9.17, 15) is 18.0 Å². The van der Waals surface area contributed by atoms with Gasteiger partial charge < -0.3 is 15.4 Å². The third-order valence-corrected chi connectivity index (χ3v) is 8.65. The molecular formula is C28H25ClF3N3O2S.